The third-order valence-electron chi connectivity index (χ3n) is 6.54. The van der Waals surface area contributed by atoms with Crippen LogP contribution >= 0.6 is 15.8 Å². The maximum atomic E-state index is 4.45. The second kappa shape index (κ2) is 28.6. The van der Waals surface area contributed by atoms with E-state index < -0.39 is 15.8 Å². The van der Waals surface area contributed by atoms with Crippen LogP contribution in [0.2, 0.25) is 0 Å². The van der Waals surface area contributed by atoms with Gasteiger partial charge in [-0.25, -0.2) is 0 Å². The first-order chi connectivity index (χ1) is 22.7. The molecule has 8 heteroatoms. The van der Waals surface area contributed by atoms with Gasteiger partial charge in [-0.2, -0.15) is 23.0 Å². The molecule has 0 saturated heterocycles. The minimum atomic E-state index is -0.877. The van der Waals surface area contributed by atoms with Crippen molar-refractivity contribution in [1.82, 2.24) is 0 Å². The Morgan fingerprint density at radius 3 is 0.479 bits per heavy atom. The zero-order chi connectivity index (χ0) is 32.7. The molecular weight excluding hydrogens is 883 g/mol. The Hall–Kier alpha value is -1.10. The number of hydrogen-bond donors (Lipinski definition) is 0. The molecule has 0 saturated carbocycles. The largest absolute Gasteiger partial charge is 0.794 e. The van der Waals surface area contributed by atoms with E-state index in [9.17, 15) is 0 Å². The van der Waals surface area contributed by atoms with Crippen LogP contribution in [0.3, 0.4) is 0 Å². The zero-order valence-electron chi connectivity index (χ0n) is 26.4. The van der Waals surface area contributed by atoms with Crippen molar-refractivity contribution in [2.24, 2.45) is 0 Å². The monoisotopic (exact) mass is 922 g/mol. The Balaban J connectivity index is 0.000000380. The number of benzene rings is 6. The van der Waals surface area contributed by atoms with Crippen LogP contribution in [0.5, 0.6) is 0 Å². The Morgan fingerprint density at radius 2 is 0.375 bits per heavy atom. The predicted octanol–water partition coefficient (Wildman–Crippen LogP) is 6.51. The summed E-state index contributed by atoms with van der Waals surface area (Å²) in [6.07, 6.45) is 0. The fourth-order valence-corrected chi connectivity index (χ4v) is 9.78. The summed E-state index contributed by atoms with van der Waals surface area (Å²) < 4.78 is 0. The van der Waals surface area contributed by atoms with Gasteiger partial charge in [0.05, 0.1) is 15.8 Å². The molecule has 0 heterocycles. The molecule has 6 aromatic carbocycles. The molecule has 6 rings (SSSR count). The van der Waals surface area contributed by atoms with E-state index in [0.717, 1.165) is 23.0 Å². The average molecular weight is 924 g/mol. The van der Waals surface area contributed by atoms with Gasteiger partial charge in [0.25, 0.3) is 0 Å². The van der Waals surface area contributed by atoms with Gasteiger partial charge in [-0.15, -0.1) is 0 Å². The molecule has 0 aromatic heterocycles. The zero-order valence-corrected chi connectivity index (χ0v) is 34.8. The second-order valence-corrected chi connectivity index (χ2v) is 16.4. The van der Waals surface area contributed by atoms with E-state index in [1.807, 2.05) is 0 Å². The SMILES string of the molecule is [Pd].[Pd].[S-]CC[S-].[S-]CC[S-].c1ccc([PH+](c2ccccc2)c2ccccc2)cc1.c1ccc([PH+](c2ccccc2)c2ccccc2)cc1. The van der Waals surface area contributed by atoms with Crippen LogP contribution in [0.15, 0.2) is 182 Å². The molecule has 0 aliphatic heterocycles. The van der Waals surface area contributed by atoms with Gasteiger partial charge in [-0.3, -0.25) is 0 Å². The van der Waals surface area contributed by atoms with Crippen molar-refractivity contribution in [3.8, 4) is 0 Å². The van der Waals surface area contributed by atoms with Gasteiger partial charge in [0, 0.05) is 40.8 Å². The summed E-state index contributed by atoms with van der Waals surface area (Å²) in [5.74, 6) is 2.87. The van der Waals surface area contributed by atoms with Crippen LogP contribution in [0.1, 0.15) is 0 Å². The van der Waals surface area contributed by atoms with Gasteiger partial charge < -0.3 is 50.5 Å². The third kappa shape index (κ3) is 16.3. The average Bonchev–Trinajstić information content (AvgIpc) is 3.15. The van der Waals surface area contributed by atoms with E-state index in [2.05, 4.69) is 233 Å². The van der Waals surface area contributed by atoms with E-state index in [4.69, 9.17) is 0 Å². The summed E-state index contributed by atoms with van der Waals surface area (Å²) in [5, 5.41) is 8.61. The van der Waals surface area contributed by atoms with Crippen LogP contribution in [0.25, 0.3) is 0 Å². The van der Waals surface area contributed by atoms with E-state index in [1.54, 1.807) is 0 Å². The van der Waals surface area contributed by atoms with Crippen LogP contribution in [0, 0.1) is 0 Å². The quantitative estimate of drug-likeness (QED) is 0.0972. The predicted molar refractivity (Wildman–Crippen MR) is 222 cm³/mol. The van der Waals surface area contributed by atoms with Gasteiger partial charge in [-0.05, 0) is 72.8 Å². The van der Waals surface area contributed by atoms with E-state index in [1.165, 1.54) is 31.8 Å². The molecule has 0 fully saturated rings. The normalized spacial score (nSPS) is 9.62. The minimum absolute atomic E-state index is 0. The summed E-state index contributed by atoms with van der Waals surface area (Å²) in [6, 6.07) is 65.0. The Bertz CT molecular complexity index is 1260. The first-order valence-corrected chi connectivity index (χ1v) is 20.4. The van der Waals surface area contributed by atoms with Crippen molar-refractivity contribution in [3.63, 3.8) is 0 Å². The van der Waals surface area contributed by atoms with Crippen molar-refractivity contribution in [3.05, 3.63) is 182 Å². The molecular formula is C40H40P2Pd2S4-2. The summed E-state index contributed by atoms with van der Waals surface area (Å²) in [5.41, 5.74) is 0. The van der Waals surface area contributed by atoms with Crippen LogP contribution in [-0.4, -0.2) is 23.0 Å². The third-order valence-corrected chi connectivity index (χ3v) is 13.3. The molecule has 0 spiro atoms. The fraction of sp³-hybridized carbons (Fsp3) is 0.100. The minimum Gasteiger partial charge on any atom is -0.794 e. The van der Waals surface area contributed by atoms with Gasteiger partial charge in [0.2, 0.25) is 0 Å². The van der Waals surface area contributed by atoms with Gasteiger partial charge in [0.15, 0.2) is 0 Å². The van der Waals surface area contributed by atoms with Crippen LogP contribution in [-0.2, 0) is 91.4 Å². The first-order valence-electron chi connectivity index (χ1n) is 15.1. The summed E-state index contributed by atoms with van der Waals surface area (Å²) in [7, 11) is -1.75. The molecule has 0 unspecified atom stereocenters. The maximum Gasteiger partial charge on any atom is 0.102 e. The maximum absolute atomic E-state index is 4.45. The molecule has 0 N–H and O–H groups in total. The molecule has 6 aromatic rings. The topological polar surface area (TPSA) is 0 Å². The Kier molecular flexibility index (Phi) is 26.8. The second-order valence-electron chi connectivity index (χ2n) is 9.76. The molecule has 256 valence electrons. The van der Waals surface area contributed by atoms with E-state index in [-0.39, 0.29) is 40.8 Å². The molecule has 0 aliphatic carbocycles. The van der Waals surface area contributed by atoms with Crippen LogP contribution < -0.4 is 31.8 Å². The van der Waals surface area contributed by atoms with E-state index >= 15 is 0 Å². The van der Waals surface area contributed by atoms with Crippen molar-refractivity contribution in [2.45, 2.75) is 0 Å². The fourth-order valence-electron chi connectivity index (χ4n) is 4.63. The molecule has 0 aliphatic rings. The van der Waals surface area contributed by atoms with Gasteiger partial charge >= 0.3 is 0 Å². The summed E-state index contributed by atoms with van der Waals surface area (Å²) in [6.45, 7) is 0. The van der Waals surface area contributed by atoms with Crippen molar-refractivity contribution in [2.75, 3.05) is 23.0 Å². The molecule has 0 atom stereocenters. The number of hydrogen-bond acceptors (Lipinski definition) is 4. The molecule has 0 bridgehead atoms. The first kappa shape index (κ1) is 44.9. The smallest absolute Gasteiger partial charge is 0.102 e. The van der Waals surface area contributed by atoms with E-state index in [0.29, 0.717) is 0 Å². The van der Waals surface area contributed by atoms with Gasteiger partial charge in [0.1, 0.15) is 31.8 Å². The van der Waals surface area contributed by atoms with Gasteiger partial charge in [-0.1, -0.05) is 109 Å². The molecule has 0 amide bonds. The van der Waals surface area contributed by atoms with Crippen LogP contribution in [0.4, 0.5) is 0 Å². The summed E-state index contributed by atoms with van der Waals surface area (Å²) >= 11 is 17.8. The molecule has 48 heavy (non-hydrogen) atoms. The Labute approximate surface area is 340 Å². The molecule has 0 radical (unpaired) electrons. The number of rotatable bonds is 8. The van der Waals surface area contributed by atoms with Crippen molar-refractivity contribution in [1.29, 1.82) is 0 Å². The Morgan fingerprint density at radius 1 is 0.250 bits per heavy atom. The van der Waals surface area contributed by atoms with Crippen molar-refractivity contribution >= 4 is 98.2 Å². The molecule has 0 nitrogen and oxygen atoms in total. The summed E-state index contributed by atoms with van der Waals surface area (Å²) in [4.78, 5) is 0. The standard InChI is InChI=1S/2C18H15P.2C2H6S2.2Pd/c2*1-4-10-16(11-5-1)19(17-12-6-2-7-13-17)18-14-8-3-9-15-18;2*3-1-2-4;;/h2*1-15H;2*3-4H,1-2H2;;/p-2. The van der Waals surface area contributed by atoms with Crippen molar-refractivity contribution < 1.29 is 40.8 Å².